The number of nitrogens with zero attached hydrogens (tertiary/aromatic N) is 2. The molecule has 0 bridgehead atoms. The molecule has 1 aliphatic heterocycles. The summed E-state index contributed by atoms with van der Waals surface area (Å²) in [6.07, 6.45) is 7.85. The Bertz CT molecular complexity index is 333. The fourth-order valence-corrected chi connectivity index (χ4v) is 2.76. The number of likely N-dealkylation sites (N-methyl/N-ethyl adjacent to an activating group) is 1. The molecule has 2 heterocycles. The van der Waals surface area contributed by atoms with Gasteiger partial charge in [-0.1, -0.05) is 19.4 Å². The lowest BCUT2D eigenvalue weighted by Crippen LogP contribution is -2.44. The van der Waals surface area contributed by atoms with Gasteiger partial charge >= 0.3 is 0 Å². The van der Waals surface area contributed by atoms with Crippen LogP contribution in [0.3, 0.4) is 0 Å². The van der Waals surface area contributed by atoms with Crippen LogP contribution in [-0.4, -0.2) is 35.6 Å². The Morgan fingerprint density at radius 2 is 2.39 bits per heavy atom. The molecule has 1 aliphatic rings. The minimum atomic E-state index is 0.451. The van der Waals surface area contributed by atoms with Crippen LogP contribution in [0.2, 0.25) is 0 Å². The first kappa shape index (κ1) is 13.5. The first-order valence-electron chi connectivity index (χ1n) is 7.18. The van der Waals surface area contributed by atoms with Crippen LogP contribution in [0.1, 0.15) is 44.7 Å². The molecule has 3 heteroatoms. The zero-order valence-corrected chi connectivity index (χ0v) is 11.6. The van der Waals surface area contributed by atoms with Crippen LogP contribution in [0.15, 0.2) is 24.5 Å². The van der Waals surface area contributed by atoms with Gasteiger partial charge in [-0.2, -0.15) is 0 Å². The van der Waals surface area contributed by atoms with Crippen molar-refractivity contribution in [1.82, 2.24) is 15.2 Å². The number of aromatic nitrogens is 1. The predicted molar refractivity (Wildman–Crippen MR) is 75.5 cm³/mol. The minimum Gasteiger partial charge on any atom is -0.313 e. The number of rotatable bonds is 5. The lowest BCUT2D eigenvalue weighted by atomic mass is 10.0. The summed E-state index contributed by atoms with van der Waals surface area (Å²) < 4.78 is 0. The molecular weight excluding hydrogens is 222 g/mol. The van der Waals surface area contributed by atoms with Gasteiger partial charge < -0.3 is 5.32 Å². The van der Waals surface area contributed by atoms with E-state index in [-0.39, 0.29) is 0 Å². The third-order valence-corrected chi connectivity index (χ3v) is 3.99. The monoisotopic (exact) mass is 247 g/mol. The normalized spacial score (nSPS) is 22.1. The molecule has 2 atom stereocenters. The second-order valence-electron chi connectivity index (χ2n) is 5.20. The molecule has 1 aromatic heterocycles. The Kier molecular flexibility index (Phi) is 5.14. The van der Waals surface area contributed by atoms with Crippen molar-refractivity contribution in [1.29, 1.82) is 0 Å². The Labute approximate surface area is 111 Å². The molecular formula is C15H25N3. The van der Waals surface area contributed by atoms with Crippen molar-refractivity contribution in [2.45, 2.75) is 45.2 Å². The molecule has 18 heavy (non-hydrogen) atoms. The second-order valence-corrected chi connectivity index (χ2v) is 5.20. The summed E-state index contributed by atoms with van der Waals surface area (Å²) in [7, 11) is 0. The molecule has 1 saturated heterocycles. The molecule has 100 valence electrons. The van der Waals surface area contributed by atoms with Gasteiger partial charge in [-0.05, 0) is 44.5 Å². The van der Waals surface area contributed by atoms with Gasteiger partial charge in [0.25, 0.3) is 0 Å². The zero-order chi connectivity index (χ0) is 12.8. The Hall–Kier alpha value is -0.930. The largest absolute Gasteiger partial charge is 0.313 e. The van der Waals surface area contributed by atoms with Crippen LogP contribution in [0, 0.1) is 0 Å². The van der Waals surface area contributed by atoms with E-state index >= 15 is 0 Å². The highest BCUT2D eigenvalue weighted by Crippen LogP contribution is 2.20. The summed E-state index contributed by atoms with van der Waals surface area (Å²) in [6.45, 7) is 7.95. The van der Waals surface area contributed by atoms with E-state index in [4.69, 9.17) is 0 Å². The molecule has 0 amide bonds. The molecule has 0 aliphatic carbocycles. The first-order valence-corrected chi connectivity index (χ1v) is 7.18. The molecule has 1 fully saturated rings. The number of nitrogens with one attached hydrogen (secondary N) is 1. The summed E-state index contributed by atoms with van der Waals surface area (Å²) in [5.41, 5.74) is 1.31. The average Bonchev–Trinajstić information content (AvgIpc) is 2.46. The van der Waals surface area contributed by atoms with E-state index in [0.29, 0.717) is 12.1 Å². The SMILES string of the molecule is CCN(CC1CCCCN1)C(C)c1cccnc1. The lowest BCUT2D eigenvalue weighted by Gasteiger charge is -2.33. The summed E-state index contributed by atoms with van der Waals surface area (Å²) in [6, 6.07) is 5.32. The minimum absolute atomic E-state index is 0.451. The van der Waals surface area contributed by atoms with Crippen LogP contribution < -0.4 is 5.32 Å². The predicted octanol–water partition coefficient (Wildman–Crippen LogP) is 2.61. The summed E-state index contributed by atoms with van der Waals surface area (Å²) in [4.78, 5) is 6.77. The molecule has 1 N–H and O–H groups in total. The molecule has 0 spiro atoms. The van der Waals surface area contributed by atoms with Crippen molar-refractivity contribution in [3.8, 4) is 0 Å². The van der Waals surface area contributed by atoms with Crippen molar-refractivity contribution >= 4 is 0 Å². The molecule has 2 unspecified atom stereocenters. The molecule has 1 aromatic rings. The molecule has 0 aromatic carbocycles. The van der Waals surface area contributed by atoms with E-state index in [9.17, 15) is 0 Å². The Morgan fingerprint density at radius 1 is 1.50 bits per heavy atom. The highest BCUT2D eigenvalue weighted by molar-refractivity contribution is 5.13. The Morgan fingerprint density at radius 3 is 3.00 bits per heavy atom. The highest BCUT2D eigenvalue weighted by atomic mass is 15.2. The van der Waals surface area contributed by atoms with Crippen molar-refractivity contribution in [2.75, 3.05) is 19.6 Å². The maximum absolute atomic E-state index is 4.23. The molecule has 0 radical (unpaired) electrons. The van der Waals surface area contributed by atoms with E-state index in [2.05, 4.69) is 35.1 Å². The fourth-order valence-electron chi connectivity index (χ4n) is 2.76. The third-order valence-electron chi connectivity index (χ3n) is 3.99. The van der Waals surface area contributed by atoms with Crippen molar-refractivity contribution in [2.24, 2.45) is 0 Å². The Balaban J connectivity index is 1.95. The standard InChI is InChI=1S/C15H25N3/c1-3-18(12-15-8-4-5-10-17-15)13(2)14-7-6-9-16-11-14/h6-7,9,11,13,15,17H,3-5,8,10,12H2,1-2H3. The third kappa shape index (κ3) is 3.53. The zero-order valence-electron chi connectivity index (χ0n) is 11.6. The van der Waals surface area contributed by atoms with E-state index < -0.39 is 0 Å². The number of piperidine rings is 1. The summed E-state index contributed by atoms with van der Waals surface area (Å²) >= 11 is 0. The molecule has 2 rings (SSSR count). The van der Waals surface area contributed by atoms with Crippen LogP contribution >= 0.6 is 0 Å². The second kappa shape index (κ2) is 6.86. The number of hydrogen-bond donors (Lipinski definition) is 1. The summed E-state index contributed by atoms with van der Waals surface area (Å²) in [5, 5.41) is 3.63. The van der Waals surface area contributed by atoms with Gasteiger partial charge in [0, 0.05) is 31.0 Å². The average molecular weight is 247 g/mol. The molecule has 0 saturated carbocycles. The smallest absolute Gasteiger partial charge is 0.0335 e. The number of pyridine rings is 1. The maximum atomic E-state index is 4.23. The van der Waals surface area contributed by atoms with E-state index in [0.717, 1.165) is 13.1 Å². The van der Waals surface area contributed by atoms with Crippen LogP contribution in [-0.2, 0) is 0 Å². The topological polar surface area (TPSA) is 28.2 Å². The van der Waals surface area contributed by atoms with E-state index in [1.807, 2.05) is 18.5 Å². The van der Waals surface area contributed by atoms with Gasteiger partial charge in [0.05, 0.1) is 0 Å². The van der Waals surface area contributed by atoms with E-state index in [1.54, 1.807) is 0 Å². The van der Waals surface area contributed by atoms with Gasteiger partial charge in [-0.15, -0.1) is 0 Å². The van der Waals surface area contributed by atoms with Gasteiger partial charge in [-0.25, -0.2) is 0 Å². The van der Waals surface area contributed by atoms with E-state index in [1.165, 1.54) is 31.4 Å². The van der Waals surface area contributed by atoms with Gasteiger partial charge in [-0.3, -0.25) is 9.88 Å². The van der Waals surface area contributed by atoms with Gasteiger partial charge in [0.2, 0.25) is 0 Å². The van der Waals surface area contributed by atoms with Gasteiger partial charge in [0.1, 0.15) is 0 Å². The quantitative estimate of drug-likeness (QED) is 0.867. The first-order chi connectivity index (χ1) is 8.81. The van der Waals surface area contributed by atoms with Crippen molar-refractivity contribution < 1.29 is 0 Å². The van der Waals surface area contributed by atoms with Crippen molar-refractivity contribution in [3.05, 3.63) is 30.1 Å². The lowest BCUT2D eigenvalue weighted by molar-refractivity contribution is 0.184. The summed E-state index contributed by atoms with van der Waals surface area (Å²) in [5.74, 6) is 0. The van der Waals surface area contributed by atoms with Crippen molar-refractivity contribution in [3.63, 3.8) is 0 Å². The number of hydrogen-bond acceptors (Lipinski definition) is 3. The van der Waals surface area contributed by atoms with Gasteiger partial charge in [0.15, 0.2) is 0 Å². The van der Waals surface area contributed by atoms with Crippen LogP contribution in [0.4, 0.5) is 0 Å². The highest BCUT2D eigenvalue weighted by Gasteiger charge is 2.20. The van der Waals surface area contributed by atoms with Crippen LogP contribution in [0.25, 0.3) is 0 Å². The van der Waals surface area contributed by atoms with Crippen LogP contribution in [0.5, 0.6) is 0 Å². The fraction of sp³-hybridized carbons (Fsp3) is 0.667. The molecule has 3 nitrogen and oxygen atoms in total. The maximum Gasteiger partial charge on any atom is 0.0335 e.